The molecule has 1 rings (SSSR count). The Morgan fingerprint density at radius 3 is 2.72 bits per heavy atom. The van der Waals surface area contributed by atoms with Gasteiger partial charge in [-0.05, 0) is 6.07 Å². The van der Waals surface area contributed by atoms with Crippen molar-refractivity contribution in [1.82, 2.24) is 10.7 Å². The van der Waals surface area contributed by atoms with Gasteiger partial charge in [-0.1, -0.05) is 24.3 Å². The number of halogens is 1. The van der Waals surface area contributed by atoms with Crippen molar-refractivity contribution in [3.05, 3.63) is 48.3 Å². The van der Waals surface area contributed by atoms with Gasteiger partial charge in [-0.3, -0.25) is 9.59 Å². The zero-order valence-corrected chi connectivity index (χ0v) is 9.52. The van der Waals surface area contributed by atoms with E-state index in [1.165, 1.54) is 24.3 Å². The Balaban J connectivity index is 2.50. The lowest BCUT2D eigenvalue weighted by Gasteiger charge is -2.00. The largest absolute Gasteiger partial charge is 0.344 e. The molecule has 0 aliphatic carbocycles. The number of carbonyl (C=O) groups is 2. The maximum atomic E-state index is 13.1. The summed E-state index contributed by atoms with van der Waals surface area (Å²) in [6.07, 6.45) is 2.56. The first-order valence-corrected chi connectivity index (χ1v) is 5.12. The van der Waals surface area contributed by atoms with Crippen molar-refractivity contribution in [3.63, 3.8) is 0 Å². The van der Waals surface area contributed by atoms with Gasteiger partial charge in [0.15, 0.2) is 0 Å². The zero-order chi connectivity index (χ0) is 13.4. The van der Waals surface area contributed by atoms with Crippen LogP contribution in [0.3, 0.4) is 0 Å². The highest BCUT2D eigenvalue weighted by molar-refractivity contribution is 6.35. The first kappa shape index (κ1) is 13.6. The quantitative estimate of drug-likeness (QED) is 0.354. The van der Waals surface area contributed by atoms with Crippen LogP contribution < -0.4 is 10.7 Å². The molecule has 0 bridgehead atoms. The van der Waals surface area contributed by atoms with Gasteiger partial charge in [-0.15, -0.1) is 6.58 Å². The molecule has 0 atom stereocenters. The monoisotopic (exact) mass is 249 g/mol. The lowest BCUT2D eigenvalue weighted by Crippen LogP contribution is -2.37. The second-order valence-electron chi connectivity index (χ2n) is 3.22. The molecule has 94 valence electrons. The van der Waals surface area contributed by atoms with E-state index in [1.807, 2.05) is 5.43 Å². The summed E-state index contributed by atoms with van der Waals surface area (Å²) in [7, 11) is 0. The number of nitrogens with one attached hydrogen (secondary N) is 2. The average Bonchev–Trinajstić information content (AvgIpc) is 2.38. The molecule has 0 aliphatic heterocycles. The molecule has 1 aromatic carbocycles. The Kier molecular flexibility index (Phi) is 5.24. The van der Waals surface area contributed by atoms with Crippen molar-refractivity contribution in [2.45, 2.75) is 0 Å². The van der Waals surface area contributed by atoms with Crippen molar-refractivity contribution in [3.8, 4) is 0 Å². The smallest absolute Gasteiger partial charge is 0.329 e. The Hall–Kier alpha value is -2.50. The van der Waals surface area contributed by atoms with Crippen molar-refractivity contribution >= 4 is 18.0 Å². The van der Waals surface area contributed by atoms with Crippen molar-refractivity contribution in [2.24, 2.45) is 5.10 Å². The number of hydrogen-bond acceptors (Lipinski definition) is 3. The van der Waals surface area contributed by atoms with Crippen LogP contribution in [0.15, 0.2) is 42.0 Å². The van der Waals surface area contributed by atoms with Gasteiger partial charge >= 0.3 is 11.8 Å². The van der Waals surface area contributed by atoms with E-state index in [0.717, 1.165) is 6.21 Å². The maximum absolute atomic E-state index is 13.1. The molecule has 0 saturated heterocycles. The summed E-state index contributed by atoms with van der Waals surface area (Å²) in [5, 5.41) is 5.76. The molecule has 0 spiro atoms. The molecule has 2 amide bonds. The molecule has 0 heterocycles. The standard InChI is InChI=1S/C12H12FN3O2/c1-2-7-14-11(17)12(18)16-15-8-9-5-3-4-6-10(9)13/h2-6,8H,1,7H2,(H,14,17)(H,16,18)/b15-8-. The number of nitrogens with zero attached hydrogens (tertiary/aromatic N) is 1. The van der Waals surface area contributed by atoms with Crippen LogP contribution in [0, 0.1) is 5.82 Å². The second kappa shape index (κ2) is 6.95. The highest BCUT2D eigenvalue weighted by atomic mass is 19.1. The first-order valence-electron chi connectivity index (χ1n) is 5.12. The lowest BCUT2D eigenvalue weighted by atomic mass is 10.2. The van der Waals surface area contributed by atoms with E-state index in [-0.39, 0.29) is 12.1 Å². The van der Waals surface area contributed by atoms with Gasteiger partial charge in [-0.2, -0.15) is 5.10 Å². The third-order valence-electron chi connectivity index (χ3n) is 1.89. The lowest BCUT2D eigenvalue weighted by molar-refractivity contribution is -0.139. The summed E-state index contributed by atoms with van der Waals surface area (Å²) in [6.45, 7) is 3.57. The summed E-state index contributed by atoms with van der Waals surface area (Å²) in [5.74, 6) is -2.23. The van der Waals surface area contributed by atoms with E-state index < -0.39 is 17.6 Å². The van der Waals surface area contributed by atoms with Gasteiger partial charge in [0.1, 0.15) is 5.82 Å². The first-order chi connectivity index (χ1) is 8.65. The number of hydrazone groups is 1. The van der Waals surface area contributed by atoms with Crippen LogP contribution >= 0.6 is 0 Å². The van der Waals surface area contributed by atoms with Crippen LogP contribution in [-0.4, -0.2) is 24.6 Å². The Morgan fingerprint density at radius 2 is 2.06 bits per heavy atom. The molecule has 0 aromatic heterocycles. The van der Waals surface area contributed by atoms with Gasteiger partial charge in [0.05, 0.1) is 6.21 Å². The number of carbonyl (C=O) groups excluding carboxylic acids is 2. The van der Waals surface area contributed by atoms with Crippen LogP contribution in [0.25, 0.3) is 0 Å². The Bertz CT molecular complexity index is 486. The van der Waals surface area contributed by atoms with Gasteiger partial charge in [0.2, 0.25) is 0 Å². The van der Waals surface area contributed by atoms with E-state index >= 15 is 0 Å². The molecule has 0 saturated carbocycles. The Morgan fingerprint density at radius 1 is 1.33 bits per heavy atom. The van der Waals surface area contributed by atoms with Gasteiger partial charge in [0, 0.05) is 12.1 Å². The van der Waals surface area contributed by atoms with Crippen LogP contribution in [0.5, 0.6) is 0 Å². The third kappa shape index (κ3) is 4.17. The average molecular weight is 249 g/mol. The zero-order valence-electron chi connectivity index (χ0n) is 9.52. The van der Waals surface area contributed by atoms with Gasteiger partial charge in [0.25, 0.3) is 0 Å². The molecule has 0 aliphatic rings. The topological polar surface area (TPSA) is 70.6 Å². The SMILES string of the molecule is C=CCNC(=O)C(=O)N/N=C\c1ccccc1F. The molecular formula is C12H12FN3O2. The van der Waals surface area contributed by atoms with Crippen molar-refractivity contribution in [2.75, 3.05) is 6.54 Å². The molecule has 0 radical (unpaired) electrons. The predicted molar refractivity (Wildman–Crippen MR) is 65.3 cm³/mol. The fraction of sp³-hybridized carbons (Fsp3) is 0.0833. The molecule has 1 aromatic rings. The number of rotatable bonds is 4. The van der Waals surface area contributed by atoms with E-state index in [1.54, 1.807) is 6.07 Å². The van der Waals surface area contributed by atoms with Crippen LogP contribution in [-0.2, 0) is 9.59 Å². The summed E-state index contributed by atoms with van der Waals surface area (Å²) in [5.41, 5.74) is 2.20. The fourth-order valence-corrected chi connectivity index (χ4v) is 1.04. The molecular weight excluding hydrogens is 237 g/mol. The van der Waals surface area contributed by atoms with Crippen LogP contribution in [0.2, 0.25) is 0 Å². The molecule has 2 N–H and O–H groups in total. The van der Waals surface area contributed by atoms with E-state index in [0.29, 0.717) is 0 Å². The fourth-order valence-electron chi connectivity index (χ4n) is 1.04. The Labute approximate surface area is 103 Å². The minimum Gasteiger partial charge on any atom is -0.344 e. The van der Waals surface area contributed by atoms with E-state index in [4.69, 9.17) is 0 Å². The van der Waals surface area contributed by atoms with Gasteiger partial charge in [-0.25, -0.2) is 9.82 Å². The number of hydrogen-bond donors (Lipinski definition) is 2. The number of benzene rings is 1. The van der Waals surface area contributed by atoms with E-state index in [9.17, 15) is 14.0 Å². The predicted octanol–water partition coefficient (Wildman–Crippen LogP) is 0.578. The molecule has 0 unspecified atom stereocenters. The summed E-state index contributed by atoms with van der Waals surface area (Å²) < 4.78 is 13.1. The van der Waals surface area contributed by atoms with E-state index in [2.05, 4.69) is 17.0 Å². The molecule has 0 fully saturated rings. The third-order valence-corrected chi connectivity index (χ3v) is 1.89. The molecule has 6 heteroatoms. The molecule has 18 heavy (non-hydrogen) atoms. The van der Waals surface area contributed by atoms with Gasteiger partial charge < -0.3 is 5.32 Å². The highest BCUT2D eigenvalue weighted by Gasteiger charge is 2.10. The minimum absolute atomic E-state index is 0.184. The minimum atomic E-state index is -0.926. The summed E-state index contributed by atoms with van der Waals surface area (Å²) in [6, 6.07) is 5.92. The molecule has 5 nitrogen and oxygen atoms in total. The second-order valence-corrected chi connectivity index (χ2v) is 3.22. The summed E-state index contributed by atoms with van der Waals surface area (Å²) in [4.78, 5) is 22.3. The van der Waals surface area contributed by atoms with Crippen molar-refractivity contribution in [1.29, 1.82) is 0 Å². The summed E-state index contributed by atoms with van der Waals surface area (Å²) >= 11 is 0. The maximum Gasteiger partial charge on any atom is 0.329 e. The van der Waals surface area contributed by atoms with Crippen LogP contribution in [0.4, 0.5) is 4.39 Å². The van der Waals surface area contributed by atoms with Crippen molar-refractivity contribution < 1.29 is 14.0 Å². The van der Waals surface area contributed by atoms with Crippen LogP contribution in [0.1, 0.15) is 5.56 Å². The highest BCUT2D eigenvalue weighted by Crippen LogP contribution is 2.02. The number of amides is 2. The normalized spacial score (nSPS) is 10.1.